The van der Waals surface area contributed by atoms with Crippen LogP contribution in [0.25, 0.3) is 27.5 Å². The molecule has 4 heterocycles. The van der Waals surface area contributed by atoms with E-state index in [1.807, 2.05) is 18.5 Å². The summed E-state index contributed by atoms with van der Waals surface area (Å²) in [5.41, 5.74) is 4.16. The van der Waals surface area contributed by atoms with E-state index in [1.165, 1.54) is 10.4 Å². The van der Waals surface area contributed by atoms with Crippen LogP contribution in [0.2, 0.25) is 0 Å². The molecule has 4 aromatic heterocycles. The number of fused-ring (bicyclic) bond motifs is 1. The quantitative estimate of drug-likeness (QED) is 0.552. The second-order valence-electron chi connectivity index (χ2n) is 4.13. The third-order valence-electron chi connectivity index (χ3n) is 2.99. The predicted octanol–water partition coefficient (Wildman–Crippen LogP) is 4.19. The van der Waals surface area contributed by atoms with Crippen molar-refractivity contribution in [3.05, 3.63) is 52.9 Å². The summed E-state index contributed by atoms with van der Waals surface area (Å²) in [5, 5.41) is 6.28. The molecular formula is C14H9N3S2. The van der Waals surface area contributed by atoms with E-state index >= 15 is 0 Å². The van der Waals surface area contributed by atoms with Gasteiger partial charge in [-0.25, -0.2) is 9.97 Å². The van der Waals surface area contributed by atoms with Crippen LogP contribution < -0.4 is 0 Å². The normalized spacial score (nSPS) is 11.2. The second kappa shape index (κ2) is 4.29. The molecule has 0 bridgehead atoms. The molecule has 0 spiro atoms. The largest absolute Gasteiger partial charge is 0.296 e. The molecule has 4 rings (SSSR count). The van der Waals surface area contributed by atoms with Crippen LogP contribution in [0.5, 0.6) is 0 Å². The lowest BCUT2D eigenvalue weighted by molar-refractivity contribution is 1.14. The Bertz CT molecular complexity index is 814. The van der Waals surface area contributed by atoms with Crippen molar-refractivity contribution in [1.82, 2.24) is 14.4 Å². The average molecular weight is 283 g/mol. The number of hydrogen-bond acceptors (Lipinski definition) is 4. The predicted molar refractivity (Wildman–Crippen MR) is 79.6 cm³/mol. The van der Waals surface area contributed by atoms with Gasteiger partial charge in [0.2, 0.25) is 0 Å². The van der Waals surface area contributed by atoms with Gasteiger partial charge in [-0.3, -0.25) is 4.40 Å². The van der Waals surface area contributed by atoms with Gasteiger partial charge in [-0.15, -0.1) is 11.3 Å². The lowest BCUT2D eigenvalue weighted by atomic mass is 10.2. The van der Waals surface area contributed by atoms with Gasteiger partial charge in [-0.2, -0.15) is 11.3 Å². The molecule has 4 aromatic rings. The maximum absolute atomic E-state index is 4.47. The molecule has 0 aromatic carbocycles. The standard InChI is InChI=1S/C14H9N3S2/c1-2-13(19-4-1)11-8-17-12(10-3-5-18-9-10)6-16-14(17)7-15-11/h1-9H. The van der Waals surface area contributed by atoms with E-state index in [0.29, 0.717) is 0 Å². The minimum atomic E-state index is 0.876. The van der Waals surface area contributed by atoms with Crippen LogP contribution in [0.15, 0.2) is 52.9 Å². The summed E-state index contributed by atoms with van der Waals surface area (Å²) in [6, 6.07) is 6.24. The Balaban J connectivity index is 1.95. The van der Waals surface area contributed by atoms with Gasteiger partial charge in [-0.05, 0) is 22.9 Å². The molecule has 92 valence electrons. The number of aromatic nitrogens is 3. The van der Waals surface area contributed by atoms with E-state index in [1.54, 1.807) is 22.7 Å². The molecule has 0 atom stereocenters. The minimum absolute atomic E-state index is 0.876. The summed E-state index contributed by atoms with van der Waals surface area (Å²) >= 11 is 3.39. The molecule has 5 heteroatoms. The van der Waals surface area contributed by atoms with Crippen LogP contribution in [0.4, 0.5) is 0 Å². The van der Waals surface area contributed by atoms with E-state index in [0.717, 1.165) is 17.0 Å². The van der Waals surface area contributed by atoms with Crippen LogP contribution in [-0.4, -0.2) is 14.4 Å². The first-order chi connectivity index (χ1) is 9.42. The first kappa shape index (κ1) is 10.9. The van der Waals surface area contributed by atoms with Crippen LogP contribution in [-0.2, 0) is 0 Å². The van der Waals surface area contributed by atoms with Crippen molar-refractivity contribution < 1.29 is 0 Å². The summed E-state index contributed by atoms with van der Waals surface area (Å²) in [4.78, 5) is 10.1. The third-order valence-corrected chi connectivity index (χ3v) is 4.56. The monoisotopic (exact) mass is 283 g/mol. The first-order valence-corrected chi connectivity index (χ1v) is 7.63. The Hall–Kier alpha value is -1.98. The topological polar surface area (TPSA) is 30.2 Å². The molecule has 0 N–H and O–H groups in total. The highest BCUT2D eigenvalue weighted by Gasteiger charge is 2.08. The van der Waals surface area contributed by atoms with Crippen molar-refractivity contribution >= 4 is 28.3 Å². The lowest BCUT2D eigenvalue weighted by Crippen LogP contribution is -1.91. The molecular weight excluding hydrogens is 274 g/mol. The highest BCUT2D eigenvalue weighted by Crippen LogP contribution is 2.26. The molecule has 3 nitrogen and oxygen atoms in total. The molecule has 0 fully saturated rings. The highest BCUT2D eigenvalue weighted by atomic mass is 32.1. The number of nitrogens with zero attached hydrogens (tertiary/aromatic N) is 3. The van der Waals surface area contributed by atoms with Crippen LogP contribution in [0.3, 0.4) is 0 Å². The molecule has 0 unspecified atom stereocenters. The summed E-state index contributed by atoms with van der Waals surface area (Å²) in [5.74, 6) is 0. The number of rotatable bonds is 2. The Morgan fingerprint density at radius 2 is 2.05 bits per heavy atom. The highest BCUT2D eigenvalue weighted by molar-refractivity contribution is 7.13. The van der Waals surface area contributed by atoms with E-state index in [4.69, 9.17) is 0 Å². The van der Waals surface area contributed by atoms with Crippen molar-refractivity contribution in [2.75, 3.05) is 0 Å². The SMILES string of the molecule is c1csc(-c2cn3c(-c4ccsc4)cnc3cn2)c1. The van der Waals surface area contributed by atoms with Gasteiger partial charge in [0.25, 0.3) is 0 Å². The molecule has 0 aliphatic carbocycles. The number of hydrogen-bond donors (Lipinski definition) is 0. The summed E-state index contributed by atoms with van der Waals surface area (Å²) < 4.78 is 2.10. The zero-order valence-electron chi connectivity index (χ0n) is 9.85. The average Bonchev–Trinajstić information content (AvgIpc) is 3.18. The smallest absolute Gasteiger partial charge is 0.155 e. The first-order valence-electron chi connectivity index (χ1n) is 5.81. The lowest BCUT2D eigenvalue weighted by Gasteiger charge is -2.02. The molecule has 0 aliphatic heterocycles. The van der Waals surface area contributed by atoms with Crippen molar-refractivity contribution in [3.63, 3.8) is 0 Å². The van der Waals surface area contributed by atoms with Crippen molar-refractivity contribution in [3.8, 4) is 21.8 Å². The van der Waals surface area contributed by atoms with Crippen molar-refractivity contribution in [2.24, 2.45) is 0 Å². The number of thiophene rings is 2. The fourth-order valence-electron chi connectivity index (χ4n) is 2.06. The zero-order valence-corrected chi connectivity index (χ0v) is 11.5. The van der Waals surface area contributed by atoms with Crippen LogP contribution in [0.1, 0.15) is 0 Å². The molecule has 0 amide bonds. The summed E-state index contributed by atoms with van der Waals surface area (Å²) in [7, 11) is 0. The Morgan fingerprint density at radius 3 is 2.84 bits per heavy atom. The van der Waals surface area contributed by atoms with E-state index in [2.05, 4.69) is 48.8 Å². The molecule has 0 aliphatic rings. The third kappa shape index (κ3) is 1.78. The van der Waals surface area contributed by atoms with E-state index in [-0.39, 0.29) is 0 Å². The summed E-state index contributed by atoms with van der Waals surface area (Å²) in [6.07, 6.45) is 5.78. The fourth-order valence-corrected chi connectivity index (χ4v) is 3.40. The Kier molecular flexibility index (Phi) is 2.46. The van der Waals surface area contributed by atoms with Crippen LogP contribution >= 0.6 is 22.7 Å². The van der Waals surface area contributed by atoms with Gasteiger partial charge >= 0.3 is 0 Å². The van der Waals surface area contributed by atoms with E-state index < -0.39 is 0 Å². The van der Waals surface area contributed by atoms with Gasteiger partial charge in [0.05, 0.1) is 28.7 Å². The summed E-state index contributed by atoms with van der Waals surface area (Å²) in [6.45, 7) is 0. The molecule has 0 saturated carbocycles. The maximum Gasteiger partial charge on any atom is 0.155 e. The van der Waals surface area contributed by atoms with E-state index in [9.17, 15) is 0 Å². The van der Waals surface area contributed by atoms with Gasteiger partial charge in [0.1, 0.15) is 0 Å². The van der Waals surface area contributed by atoms with Crippen LogP contribution in [0, 0.1) is 0 Å². The maximum atomic E-state index is 4.47. The molecule has 0 saturated heterocycles. The zero-order chi connectivity index (χ0) is 12.7. The van der Waals surface area contributed by atoms with Gasteiger partial charge in [-0.1, -0.05) is 6.07 Å². The second-order valence-corrected chi connectivity index (χ2v) is 5.86. The molecule has 0 radical (unpaired) electrons. The minimum Gasteiger partial charge on any atom is -0.296 e. The van der Waals surface area contributed by atoms with Gasteiger partial charge in [0.15, 0.2) is 5.65 Å². The number of imidazole rings is 1. The Labute approximate surface area is 117 Å². The molecule has 19 heavy (non-hydrogen) atoms. The van der Waals surface area contributed by atoms with Crippen molar-refractivity contribution in [1.29, 1.82) is 0 Å². The Morgan fingerprint density at radius 1 is 1.05 bits per heavy atom. The van der Waals surface area contributed by atoms with Gasteiger partial charge in [0, 0.05) is 17.1 Å². The fraction of sp³-hybridized carbons (Fsp3) is 0. The van der Waals surface area contributed by atoms with Gasteiger partial charge < -0.3 is 0 Å². The van der Waals surface area contributed by atoms with Crippen molar-refractivity contribution in [2.45, 2.75) is 0 Å².